The highest BCUT2D eigenvalue weighted by atomic mass is 16.2. The van der Waals surface area contributed by atoms with Gasteiger partial charge in [0.25, 0.3) is 11.8 Å². The summed E-state index contributed by atoms with van der Waals surface area (Å²) in [6.07, 6.45) is 1.01. The predicted molar refractivity (Wildman–Crippen MR) is 90.0 cm³/mol. The number of hydrogen-bond acceptors (Lipinski definition) is 4. The minimum atomic E-state index is -0.627. The minimum absolute atomic E-state index is 0.0464. The maximum atomic E-state index is 12.5. The number of rotatable bonds is 4. The van der Waals surface area contributed by atoms with Gasteiger partial charge in [-0.15, -0.1) is 0 Å². The fourth-order valence-corrected chi connectivity index (χ4v) is 2.86. The summed E-state index contributed by atoms with van der Waals surface area (Å²) in [5.74, 6) is -0.534. The Morgan fingerprint density at radius 3 is 2.75 bits per heavy atom. The fraction of sp³-hybridized carbons (Fsp3) is 0.353. The van der Waals surface area contributed by atoms with Crippen LogP contribution in [0.25, 0.3) is 5.69 Å². The van der Waals surface area contributed by atoms with E-state index in [4.69, 9.17) is 5.73 Å². The van der Waals surface area contributed by atoms with E-state index in [1.165, 1.54) is 10.7 Å². The Balaban J connectivity index is 1.86. The van der Waals surface area contributed by atoms with Gasteiger partial charge in [-0.3, -0.25) is 9.59 Å². The Kier molecular flexibility index (Phi) is 4.61. The zero-order chi connectivity index (χ0) is 17.1. The van der Waals surface area contributed by atoms with Gasteiger partial charge in [-0.05, 0) is 31.0 Å². The van der Waals surface area contributed by atoms with Crippen LogP contribution in [-0.2, 0) is 0 Å². The lowest BCUT2D eigenvalue weighted by Crippen LogP contribution is -2.50. The standard InChI is InChI=1S/C17H21N5O2/c1-11-7-8-19-10-14(11)20-17(24)13-9-15(16(18)23)22(21-13)12-5-3-2-4-6-12/h2-6,9,11,14,19H,7-8,10H2,1H3,(H2,18,23)(H,20,24). The lowest BCUT2D eigenvalue weighted by Gasteiger charge is -2.29. The van der Waals surface area contributed by atoms with Crippen LogP contribution in [0, 0.1) is 5.92 Å². The van der Waals surface area contributed by atoms with Gasteiger partial charge in [0.1, 0.15) is 5.69 Å². The smallest absolute Gasteiger partial charge is 0.272 e. The zero-order valence-corrected chi connectivity index (χ0v) is 13.5. The van der Waals surface area contributed by atoms with E-state index in [2.05, 4.69) is 22.7 Å². The molecule has 7 heteroatoms. The van der Waals surface area contributed by atoms with Crippen LogP contribution in [0.3, 0.4) is 0 Å². The highest BCUT2D eigenvalue weighted by Gasteiger charge is 2.25. The summed E-state index contributed by atoms with van der Waals surface area (Å²) in [6.45, 7) is 3.81. The van der Waals surface area contributed by atoms with Gasteiger partial charge in [0.2, 0.25) is 0 Å². The molecule has 0 radical (unpaired) electrons. The van der Waals surface area contributed by atoms with Gasteiger partial charge in [0, 0.05) is 18.7 Å². The summed E-state index contributed by atoms with van der Waals surface area (Å²) in [7, 11) is 0. The Morgan fingerprint density at radius 1 is 1.33 bits per heavy atom. The average molecular weight is 327 g/mol. The second kappa shape index (κ2) is 6.84. The molecule has 0 aliphatic carbocycles. The van der Waals surface area contributed by atoms with Crippen molar-refractivity contribution in [2.24, 2.45) is 11.7 Å². The number of carbonyl (C=O) groups excluding carboxylic acids is 2. The number of amides is 2. The van der Waals surface area contributed by atoms with Gasteiger partial charge in [-0.1, -0.05) is 25.1 Å². The molecule has 2 aromatic rings. The Labute approximate surface area is 140 Å². The predicted octanol–water partition coefficient (Wildman–Crippen LogP) is 0.699. The molecule has 0 spiro atoms. The van der Waals surface area contributed by atoms with Gasteiger partial charge >= 0.3 is 0 Å². The van der Waals surface area contributed by atoms with Gasteiger partial charge in [-0.25, -0.2) is 4.68 Å². The number of nitrogens with two attached hydrogens (primary N) is 1. The molecule has 2 unspecified atom stereocenters. The van der Waals surface area contributed by atoms with E-state index in [9.17, 15) is 9.59 Å². The molecule has 2 amide bonds. The van der Waals surface area contributed by atoms with E-state index in [1.54, 1.807) is 12.1 Å². The first-order chi connectivity index (χ1) is 11.6. The Bertz CT molecular complexity index is 741. The summed E-state index contributed by atoms with van der Waals surface area (Å²) in [5, 5.41) is 10.5. The monoisotopic (exact) mass is 327 g/mol. The lowest BCUT2D eigenvalue weighted by molar-refractivity contribution is 0.0909. The molecule has 2 heterocycles. The molecule has 2 atom stereocenters. The van der Waals surface area contributed by atoms with Gasteiger partial charge in [-0.2, -0.15) is 5.10 Å². The third kappa shape index (κ3) is 3.30. The molecule has 1 aliphatic heterocycles. The molecule has 1 fully saturated rings. The van der Waals surface area contributed by atoms with Gasteiger partial charge in [0.15, 0.2) is 5.69 Å². The van der Waals surface area contributed by atoms with Crippen LogP contribution in [0.15, 0.2) is 36.4 Å². The van der Waals surface area contributed by atoms with E-state index in [0.717, 1.165) is 19.5 Å². The third-order valence-electron chi connectivity index (χ3n) is 4.34. The topological polar surface area (TPSA) is 102 Å². The molecule has 126 valence electrons. The number of nitrogens with one attached hydrogen (secondary N) is 2. The third-order valence-corrected chi connectivity index (χ3v) is 4.34. The Hall–Kier alpha value is -2.67. The van der Waals surface area contributed by atoms with E-state index in [0.29, 0.717) is 11.6 Å². The SMILES string of the molecule is CC1CCNCC1NC(=O)c1cc(C(N)=O)n(-c2ccccc2)n1. The molecule has 7 nitrogen and oxygen atoms in total. The average Bonchev–Trinajstić information content (AvgIpc) is 3.03. The van der Waals surface area contributed by atoms with E-state index >= 15 is 0 Å². The number of benzene rings is 1. The van der Waals surface area contributed by atoms with Crippen LogP contribution in [0.5, 0.6) is 0 Å². The second-order valence-electron chi connectivity index (χ2n) is 6.08. The van der Waals surface area contributed by atoms with Crippen molar-refractivity contribution in [3.63, 3.8) is 0 Å². The highest BCUT2D eigenvalue weighted by molar-refractivity contribution is 5.97. The van der Waals surface area contributed by atoms with Crippen molar-refractivity contribution in [3.05, 3.63) is 47.8 Å². The number of hydrogen-bond donors (Lipinski definition) is 3. The molecule has 0 bridgehead atoms. The van der Waals surface area contributed by atoms with E-state index < -0.39 is 5.91 Å². The van der Waals surface area contributed by atoms with Crippen molar-refractivity contribution in [2.75, 3.05) is 13.1 Å². The summed E-state index contributed by atoms with van der Waals surface area (Å²) in [6, 6.07) is 10.6. The van der Waals surface area contributed by atoms with Crippen LogP contribution >= 0.6 is 0 Å². The molecular weight excluding hydrogens is 306 g/mol. The first-order valence-corrected chi connectivity index (χ1v) is 8.03. The number of primary amides is 1. The number of aromatic nitrogens is 2. The molecule has 1 saturated heterocycles. The number of carbonyl (C=O) groups is 2. The highest BCUT2D eigenvalue weighted by Crippen LogP contribution is 2.15. The van der Waals surface area contributed by atoms with Crippen molar-refractivity contribution < 1.29 is 9.59 Å². The van der Waals surface area contributed by atoms with Crippen molar-refractivity contribution in [1.82, 2.24) is 20.4 Å². The summed E-state index contributed by atoms with van der Waals surface area (Å²) in [5.41, 5.74) is 6.48. The quantitative estimate of drug-likeness (QED) is 0.769. The van der Waals surface area contributed by atoms with Gasteiger partial charge < -0.3 is 16.4 Å². The molecule has 3 rings (SSSR count). The lowest BCUT2D eigenvalue weighted by atomic mass is 9.95. The summed E-state index contributed by atoms with van der Waals surface area (Å²) < 4.78 is 1.40. The zero-order valence-electron chi connectivity index (χ0n) is 13.5. The second-order valence-corrected chi connectivity index (χ2v) is 6.08. The summed E-state index contributed by atoms with van der Waals surface area (Å²) >= 11 is 0. The van der Waals surface area contributed by atoms with E-state index in [-0.39, 0.29) is 23.3 Å². The van der Waals surface area contributed by atoms with Crippen molar-refractivity contribution >= 4 is 11.8 Å². The van der Waals surface area contributed by atoms with Crippen LogP contribution in [0.2, 0.25) is 0 Å². The first-order valence-electron chi connectivity index (χ1n) is 8.03. The van der Waals surface area contributed by atoms with Crippen molar-refractivity contribution in [1.29, 1.82) is 0 Å². The minimum Gasteiger partial charge on any atom is -0.364 e. The summed E-state index contributed by atoms with van der Waals surface area (Å²) in [4.78, 5) is 24.2. The number of piperidine rings is 1. The van der Waals surface area contributed by atoms with Gasteiger partial charge in [0.05, 0.1) is 5.69 Å². The molecule has 1 aromatic carbocycles. The normalized spacial score (nSPS) is 20.5. The maximum Gasteiger partial charge on any atom is 0.272 e. The molecule has 1 aliphatic rings. The van der Waals surface area contributed by atoms with Crippen molar-refractivity contribution in [2.45, 2.75) is 19.4 Å². The largest absolute Gasteiger partial charge is 0.364 e. The molecule has 1 aromatic heterocycles. The molecule has 4 N–H and O–H groups in total. The number of para-hydroxylation sites is 1. The van der Waals surface area contributed by atoms with Crippen molar-refractivity contribution in [3.8, 4) is 5.69 Å². The van der Waals surface area contributed by atoms with E-state index in [1.807, 2.05) is 18.2 Å². The fourth-order valence-electron chi connectivity index (χ4n) is 2.86. The maximum absolute atomic E-state index is 12.5. The number of nitrogens with zero attached hydrogens (tertiary/aromatic N) is 2. The molecule has 24 heavy (non-hydrogen) atoms. The van der Waals surface area contributed by atoms with Crippen LogP contribution in [0.4, 0.5) is 0 Å². The molecule has 0 saturated carbocycles. The first kappa shape index (κ1) is 16.2. The Morgan fingerprint density at radius 2 is 2.08 bits per heavy atom. The van der Waals surface area contributed by atoms with Crippen LogP contribution in [0.1, 0.15) is 34.3 Å². The van der Waals surface area contributed by atoms with Crippen LogP contribution in [-0.4, -0.2) is 40.7 Å². The molecular formula is C17H21N5O2. The van der Waals surface area contributed by atoms with Crippen LogP contribution < -0.4 is 16.4 Å².